The van der Waals surface area contributed by atoms with Gasteiger partial charge in [0.25, 0.3) is 5.22 Å². The van der Waals surface area contributed by atoms with E-state index in [0.717, 1.165) is 33.7 Å². The summed E-state index contributed by atoms with van der Waals surface area (Å²) in [7, 11) is 0. The zero-order valence-corrected chi connectivity index (χ0v) is 15.7. The molecule has 1 N–H and O–H groups in total. The largest absolute Gasteiger partial charge is 0.411 e. The third-order valence-electron chi connectivity index (χ3n) is 4.39. The third kappa shape index (κ3) is 3.42. The number of fused-ring (bicyclic) bond motifs is 1. The van der Waals surface area contributed by atoms with E-state index in [1.54, 1.807) is 0 Å². The molecule has 0 saturated heterocycles. The van der Waals surface area contributed by atoms with Crippen molar-refractivity contribution in [3.63, 3.8) is 0 Å². The molecule has 0 bridgehead atoms. The van der Waals surface area contributed by atoms with E-state index in [0.29, 0.717) is 11.1 Å². The first-order chi connectivity index (χ1) is 13.8. The number of rotatable bonds is 5. The molecule has 136 valence electrons. The summed E-state index contributed by atoms with van der Waals surface area (Å²) in [6, 6.07) is 26.2. The van der Waals surface area contributed by atoms with Crippen LogP contribution in [0.15, 0.2) is 88.5 Å². The number of aromatic nitrogens is 4. The average molecular weight is 384 g/mol. The minimum absolute atomic E-state index is 0.508. The molecule has 0 aliphatic heterocycles. The van der Waals surface area contributed by atoms with E-state index >= 15 is 0 Å². The zero-order chi connectivity index (χ0) is 18.8. The Bertz CT molecular complexity index is 1220. The van der Waals surface area contributed by atoms with Crippen LogP contribution in [0.25, 0.3) is 33.9 Å². The molecule has 5 rings (SSSR count). The summed E-state index contributed by atoms with van der Waals surface area (Å²) < 4.78 is 5.84. The van der Waals surface area contributed by atoms with Gasteiger partial charge in [0.1, 0.15) is 5.82 Å². The molecular formula is C22H16N4OS. The van der Waals surface area contributed by atoms with E-state index in [1.165, 1.54) is 17.3 Å². The molecule has 3 aromatic carbocycles. The summed E-state index contributed by atoms with van der Waals surface area (Å²) in [5.74, 6) is 2.15. The van der Waals surface area contributed by atoms with E-state index in [2.05, 4.69) is 32.3 Å². The van der Waals surface area contributed by atoms with Gasteiger partial charge in [0.15, 0.2) is 0 Å². The number of thioether (sulfide) groups is 1. The number of nitrogens with one attached hydrogen (secondary N) is 1. The van der Waals surface area contributed by atoms with Gasteiger partial charge in [-0.1, -0.05) is 72.4 Å². The first-order valence-electron chi connectivity index (χ1n) is 8.91. The van der Waals surface area contributed by atoms with E-state index in [-0.39, 0.29) is 0 Å². The van der Waals surface area contributed by atoms with Crippen molar-refractivity contribution in [1.82, 2.24) is 20.2 Å². The fourth-order valence-electron chi connectivity index (χ4n) is 2.98. The molecule has 5 nitrogen and oxygen atoms in total. The molecule has 0 amide bonds. The maximum absolute atomic E-state index is 5.84. The SMILES string of the molecule is c1ccc(CSc2nnc(-c3ccc4nc(-c5ccccc5)[nH]c4c3)o2)cc1. The zero-order valence-electron chi connectivity index (χ0n) is 14.9. The molecule has 0 unspecified atom stereocenters. The molecule has 5 aromatic rings. The van der Waals surface area contributed by atoms with Gasteiger partial charge in [0.05, 0.1) is 11.0 Å². The molecular weight excluding hydrogens is 368 g/mol. The quantitative estimate of drug-likeness (QED) is 0.401. The summed E-state index contributed by atoms with van der Waals surface area (Å²) in [6.45, 7) is 0. The van der Waals surface area contributed by atoms with Gasteiger partial charge in [-0.15, -0.1) is 10.2 Å². The average Bonchev–Trinajstić information content (AvgIpc) is 3.40. The Balaban J connectivity index is 1.38. The van der Waals surface area contributed by atoms with Crippen LogP contribution in [0.3, 0.4) is 0 Å². The van der Waals surface area contributed by atoms with Gasteiger partial charge in [-0.05, 0) is 23.8 Å². The maximum atomic E-state index is 5.84. The van der Waals surface area contributed by atoms with Crippen LogP contribution >= 0.6 is 11.8 Å². The van der Waals surface area contributed by atoms with E-state index in [4.69, 9.17) is 4.42 Å². The molecule has 2 heterocycles. The summed E-state index contributed by atoms with van der Waals surface area (Å²) in [5.41, 5.74) is 4.99. The van der Waals surface area contributed by atoms with Crippen LogP contribution in [0.2, 0.25) is 0 Å². The monoisotopic (exact) mass is 384 g/mol. The third-order valence-corrected chi connectivity index (χ3v) is 5.28. The van der Waals surface area contributed by atoms with Crippen molar-refractivity contribution in [2.45, 2.75) is 11.0 Å². The number of imidazole rings is 1. The molecule has 28 heavy (non-hydrogen) atoms. The van der Waals surface area contributed by atoms with Crippen LogP contribution in [-0.4, -0.2) is 20.2 Å². The van der Waals surface area contributed by atoms with Crippen molar-refractivity contribution in [3.8, 4) is 22.8 Å². The van der Waals surface area contributed by atoms with Crippen LogP contribution in [0, 0.1) is 0 Å². The number of nitrogens with zero attached hydrogens (tertiary/aromatic N) is 3. The van der Waals surface area contributed by atoms with E-state index in [1.807, 2.05) is 66.7 Å². The van der Waals surface area contributed by atoms with Gasteiger partial charge in [0.2, 0.25) is 5.89 Å². The number of hydrogen-bond acceptors (Lipinski definition) is 5. The molecule has 0 saturated carbocycles. The lowest BCUT2D eigenvalue weighted by Gasteiger charge is -1.97. The van der Waals surface area contributed by atoms with Gasteiger partial charge >= 0.3 is 0 Å². The van der Waals surface area contributed by atoms with Crippen molar-refractivity contribution in [2.24, 2.45) is 0 Å². The number of aromatic amines is 1. The van der Waals surface area contributed by atoms with Crippen molar-refractivity contribution >= 4 is 22.8 Å². The number of benzene rings is 3. The van der Waals surface area contributed by atoms with Crippen LogP contribution < -0.4 is 0 Å². The highest BCUT2D eigenvalue weighted by atomic mass is 32.2. The second-order valence-corrected chi connectivity index (χ2v) is 7.26. The van der Waals surface area contributed by atoms with Gasteiger partial charge in [0, 0.05) is 16.9 Å². The Hall–Kier alpha value is -3.38. The molecule has 0 radical (unpaired) electrons. The van der Waals surface area contributed by atoms with Crippen molar-refractivity contribution in [2.75, 3.05) is 0 Å². The molecule has 0 aliphatic rings. The Labute approximate surface area is 165 Å². The predicted molar refractivity (Wildman–Crippen MR) is 111 cm³/mol. The van der Waals surface area contributed by atoms with Crippen molar-refractivity contribution < 1.29 is 4.42 Å². The lowest BCUT2D eigenvalue weighted by molar-refractivity contribution is 0.466. The minimum atomic E-state index is 0.508. The van der Waals surface area contributed by atoms with Gasteiger partial charge in [-0.2, -0.15) is 0 Å². The Morgan fingerprint density at radius 2 is 1.61 bits per heavy atom. The topological polar surface area (TPSA) is 67.6 Å². The normalized spacial score (nSPS) is 11.1. The number of H-pyrrole nitrogens is 1. The lowest BCUT2D eigenvalue weighted by Crippen LogP contribution is -1.79. The highest BCUT2D eigenvalue weighted by molar-refractivity contribution is 7.98. The Morgan fingerprint density at radius 1 is 0.821 bits per heavy atom. The summed E-state index contributed by atoms with van der Waals surface area (Å²) in [5, 5.41) is 8.92. The Kier molecular flexibility index (Phi) is 4.39. The summed E-state index contributed by atoms with van der Waals surface area (Å²) >= 11 is 1.53. The number of hydrogen-bond donors (Lipinski definition) is 1. The van der Waals surface area contributed by atoms with Gasteiger partial charge in [-0.25, -0.2) is 4.98 Å². The second-order valence-electron chi connectivity index (χ2n) is 6.33. The molecule has 2 aromatic heterocycles. The standard InChI is InChI=1S/C22H16N4OS/c1-3-7-15(8-4-1)14-28-22-26-25-21(27-22)17-11-12-18-19(13-17)24-20(23-18)16-9-5-2-6-10-16/h1-13H,14H2,(H,23,24). The molecule has 6 heteroatoms. The van der Waals surface area contributed by atoms with Crippen LogP contribution in [0.4, 0.5) is 0 Å². The van der Waals surface area contributed by atoms with E-state index < -0.39 is 0 Å². The van der Waals surface area contributed by atoms with Gasteiger partial charge in [-0.3, -0.25) is 0 Å². The fraction of sp³-hybridized carbons (Fsp3) is 0.0455. The first kappa shape index (κ1) is 16.8. The molecule has 0 atom stereocenters. The van der Waals surface area contributed by atoms with Crippen LogP contribution in [0.5, 0.6) is 0 Å². The summed E-state index contributed by atoms with van der Waals surface area (Å²) in [4.78, 5) is 8.03. The smallest absolute Gasteiger partial charge is 0.277 e. The molecule has 0 aliphatic carbocycles. The molecule has 0 fully saturated rings. The highest BCUT2D eigenvalue weighted by Gasteiger charge is 2.12. The van der Waals surface area contributed by atoms with E-state index in [9.17, 15) is 0 Å². The first-order valence-corrected chi connectivity index (χ1v) is 9.89. The lowest BCUT2D eigenvalue weighted by atomic mass is 10.2. The second kappa shape index (κ2) is 7.32. The van der Waals surface area contributed by atoms with Crippen LogP contribution in [-0.2, 0) is 5.75 Å². The predicted octanol–water partition coefficient (Wildman–Crippen LogP) is 5.57. The van der Waals surface area contributed by atoms with Gasteiger partial charge < -0.3 is 9.40 Å². The van der Waals surface area contributed by atoms with Crippen molar-refractivity contribution in [1.29, 1.82) is 0 Å². The highest BCUT2D eigenvalue weighted by Crippen LogP contribution is 2.28. The van der Waals surface area contributed by atoms with Crippen molar-refractivity contribution in [3.05, 3.63) is 84.4 Å². The maximum Gasteiger partial charge on any atom is 0.277 e. The Morgan fingerprint density at radius 3 is 2.43 bits per heavy atom. The minimum Gasteiger partial charge on any atom is -0.411 e. The summed E-state index contributed by atoms with van der Waals surface area (Å²) in [6.07, 6.45) is 0. The fourth-order valence-corrected chi connectivity index (χ4v) is 3.70. The molecule has 0 spiro atoms. The van der Waals surface area contributed by atoms with Crippen LogP contribution in [0.1, 0.15) is 5.56 Å².